The van der Waals surface area contributed by atoms with Crippen LogP contribution in [0.5, 0.6) is 0 Å². The van der Waals surface area contributed by atoms with Crippen LogP contribution in [0.4, 0.5) is 0 Å². The Kier molecular flexibility index (Phi) is 3.62. The van der Waals surface area contributed by atoms with Crippen molar-refractivity contribution in [1.82, 2.24) is 9.88 Å². The van der Waals surface area contributed by atoms with Crippen molar-refractivity contribution < 1.29 is 9.90 Å². The van der Waals surface area contributed by atoms with Crippen LogP contribution in [0.25, 0.3) is 10.9 Å². The number of hydrogen-bond acceptors (Lipinski definition) is 2. The van der Waals surface area contributed by atoms with Crippen molar-refractivity contribution in [2.45, 2.75) is 25.9 Å². The van der Waals surface area contributed by atoms with Crippen molar-refractivity contribution in [3.63, 3.8) is 0 Å². The second-order valence-corrected chi connectivity index (χ2v) is 6.42. The first-order chi connectivity index (χ1) is 11.7. The number of aliphatic hydroxyl groups is 1. The van der Waals surface area contributed by atoms with E-state index in [1.165, 1.54) is 10.9 Å². The van der Waals surface area contributed by atoms with Gasteiger partial charge in [-0.3, -0.25) is 4.79 Å². The van der Waals surface area contributed by atoms with Crippen molar-refractivity contribution in [3.05, 3.63) is 70.9 Å². The zero-order valence-corrected chi connectivity index (χ0v) is 13.6. The third-order valence-corrected chi connectivity index (χ3v) is 4.96. The molecular formula is C20H20N2O2. The molecule has 4 nitrogen and oxygen atoms in total. The molecule has 0 spiro atoms. The van der Waals surface area contributed by atoms with Gasteiger partial charge >= 0.3 is 0 Å². The second-order valence-electron chi connectivity index (χ2n) is 6.42. The van der Waals surface area contributed by atoms with E-state index in [-0.39, 0.29) is 18.6 Å². The molecule has 0 saturated heterocycles. The van der Waals surface area contributed by atoms with E-state index in [9.17, 15) is 9.90 Å². The highest BCUT2D eigenvalue weighted by Gasteiger charge is 2.32. The summed E-state index contributed by atoms with van der Waals surface area (Å²) in [5.41, 5.74) is 5.04. The number of hydrogen-bond donors (Lipinski definition) is 2. The third kappa shape index (κ3) is 2.31. The van der Waals surface area contributed by atoms with E-state index in [0.29, 0.717) is 18.5 Å². The maximum absolute atomic E-state index is 13.0. The Morgan fingerprint density at radius 1 is 1.21 bits per heavy atom. The number of nitrogens with zero attached hydrogens (tertiary/aromatic N) is 1. The fourth-order valence-electron chi connectivity index (χ4n) is 3.64. The minimum Gasteiger partial charge on any atom is -0.394 e. The van der Waals surface area contributed by atoms with Gasteiger partial charge in [-0.05, 0) is 36.6 Å². The normalized spacial score (nSPS) is 17.1. The molecule has 2 aromatic carbocycles. The first-order valence-corrected chi connectivity index (χ1v) is 8.25. The van der Waals surface area contributed by atoms with Crippen molar-refractivity contribution in [2.75, 3.05) is 6.61 Å². The van der Waals surface area contributed by atoms with Gasteiger partial charge in [0.2, 0.25) is 0 Å². The van der Waals surface area contributed by atoms with E-state index in [1.54, 1.807) is 4.90 Å². The predicted octanol–water partition coefficient (Wildman–Crippen LogP) is 3.04. The van der Waals surface area contributed by atoms with Crippen LogP contribution in [-0.2, 0) is 13.0 Å². The summed E-state index contributed by atoms with van der Waals surface area (Å²) in [6, 6.07) is 15.6. The number of rotatable bonds is 2. The molecule has 4 heteroatoms. The lowest BCUT2D eigenvalue weighted by molar-refractivity contribution is 0.0541. The number of aliphatic hydroxyl groups excluding tert-OH is 1. The Labute approximate surface area is 140 Å². The minimum absolute atomic E-state index is 0.0172. The number of carbonyl (C=O) groups excluding carboxylic acids is 1. The van der Waals surface area contributed by atoms with Crippen molar-refractivity contribution in [2.24, 2.45) is 0 Å². The summed E-state index contributed by atoms with van der Waals surface area (Å²) in [5.74, 6) is -0.0172. The van der Waals surface area contributed by atoms with Crippen LogP contribution in [0.3, 0.4) is 0 Å². The molecule has 0 saturated carbocycles. The first-order valence-electron chi connectivity index (χ1n) is 8.25. The fraction of sp³-hybridized carbons (Fsp3) is 0.250. The van der Waals surface area contributed by atoms with Gasteiger partial charge in [-0.25, -0.2) is 0 Å². The van der Waals surface area contributed by atoms with Crippen LogP contribution in [0, 0.1) is 6.92 Å². The SMILES string of the molecule is Cc1ccccc1C(=O)N1Cc2[nH]c3ccccc3c2CC1CO. The number of nitrogens with one attached hydrogen (secondary N) is 1. The molecule has 1 aliphatic heterocycles. The van der Waals surface area contributed by atoms with Gasteiger partial charge in [-0.2, -0.15) is 0 Å². The van der Waals surface area contributed by atoms with Crippen molar-refractivity contribution in [1.29, 1.82) is 0 Å². The minimum atomic E-state index is -0.191. The molecule has 1 aromatic heterocycles. The molecule has 3 aromatic rings. The standard InChI is InChI=1S/C20H20N2O2/c1-13-6-2-3-7-15(13)20(24)22-11-19-17(10-14(22)12-23)16-8-4-5-9-18(16)21-19/h2-9,14,21,23H,10-12H2,1H3. The van der Waals surface area contributed by atoms with Gasteiger partial charge in [0.25, 0.3) is 5.91 Å². The Bertz CT molecular complexity index is 913. The average Bonchev–Trinajstić information content (AvgIpc) is 2.98. The Hall–Kier alpha value is -2.59. The number of amides is 1. The number of aromatic amines is 1. The van der Waals surface area contributed by atoms with Crippen molar-refractivity contribution >= 4 is 16.8 Å². The maximum atomic E-state index is 13.0. The van der Waals surface area contributed by atoms with E-state index in [2.05, 4.69) is 17.1 Å². The van der Waals surface area contributed by atoms with Crippen LogP contribution < -0.4 is 0 Å². The Morgan fingerprint density at radius 3 is 2.75 bits per heavy atom. The summed E-state index contributed by atoms with van der Waals surface area (Å²) in [7, 11) is 0. The van der Waals surface area contributed by atoms with Crippen LogP contribution in [0.1, 0.15) is 27.2 Å². The molecule has 1 aliphatic rings. The molecule has 1 atom stereocenters. The Morgan fingerprint density at radius 2 is 1.96 bits per heavy atom. The van der Waals surface area contributed by atoms with E-state index in [1.807, 2.05) is 43.3 Å². The number of aryl methyl sites for hydroxylation is 1. The van der Waals surface area contributed by atoms with Crippen LogP contribution >= 0.6 is 0 Å². The molecular weight excluding hydrogens is 300 g/mol. The van der Waals surface area contributed by atoms with Gasteiger partial charge in [-0.1, -0.05) is 36.4 Å². The number of fused-ring (bicyclic) bond motifs is 3. The summed E-state index contributed by atoms with van der Waals surface area (Å²) in [6.07, 6.45) is 0.674. The number of aromatic nitrogens is 1. The highest BCUT2D eigenvalue weighted by molar-refractivity contribution is 5.96. The molecule has 0 bridgehead atoms. The predicted molar refractivity (Wildman–Crippen MR) is 93.9 cm³/mol. The molecule has 122 valence electrons. The van der Waals surface area contributed by atoms with Gasteiger partial charge in [0, 0.05) is 22.2 Å². The monoisotopic (exact) mass is 320 g/mol. The van der Waals surface area contributed by atoms with E-state index < -0.39 is 0 Å². The van der Waals surface area contributed by atoms with Gasteiger partial charge in [0.1, 0.15) is 0 Å². The van der Waals surface area contributed by atoms with Crippen molar-refractivity contribution in [3.8, 4) is 0 Å². The van der Waals surface area contributed by atoms with Crippen LogP contribution in [-0.4, -0.2) is 33.5 Å². The summed E-state index contributed by atoms with van der Waals surface area (Å²) in [4.78, 5) is 18.2. The van der Waals surface area contributed by atoms with E-state index in [0.717, 1.165) is 16.8 Å². The number of benzene rings is 2. The number of para-hydroxylation sites is 1. The molecule has 2 heterocycles. The number of carbonyl (C=O) groups is 1. The zero-order chi connectivity index (χ0) is 16.7. The van der Waals surface area contributed by atoms with Crippen LogP contribution in [0.15, 0.2) is 48.5 Å². The number of H-pyrrole nitrogens is 1. The summed E-state index contributed by atoms with van der Waals surface area (Å²) in [6.45, 7) is 2.42. The molecule has 4 rings (SSSR count). The topological polar surface area (TPSA) is 56.3 Å². The fourth-order valence-corrected chi connectivity index (χ4v) is 3.64. The molecule has 2 N–H and O–H groups in total. The van der Waals surface area contributed by atoms with E-state index in [4.69, 9.17) is 0 Å². The lowest BCUT2D eigenvalue weighted by atomic mass is 9.95. The average molecular weight is 320 g/mol. The highest BCUT2D eigenvalue weighted by atomic mass is 16.3. The first kappa shape index (κ1) is 15.0. The summed E-state index contributed by atoms with van der Waals surface area (Å²) in [5, 5.41) is 11.0. The van der Waals surface area contributed by atoms with Gasteiger partial charge in [-0.15, -0.1) is 0 Å². The Balaban J connectivity index is 1.74. The van der Waals surface area contributed by atoms with Crippen LogP contribution in [0.2, 0.25) is 0 Å². The maximum Gasteiger partial charge on any atom is 0.254 e. The molecule has 24 heavy (non-hydrogen) atoms. The molecule has 1 unspecified atom stereocenters. The van der Waals surface area contributed by atoms with Gasteiger partial charge in [0.05, 0.1) is 19.2 Å². The molecule has 0 radical (unpaired) electrons. The lowest BCUT2D eigenvalue weighted by Gasteiger charge is -2.35. The quantitative estimate of drug-likeness (QED) is 0.762. The summed E-state index contributed by atoms with van der Waals surface area (Å²) < 4.78 is 0. The lowest BCUT2D eigenvalue weighted by Crippen LogP contribution is -2.46. The molecule has 0 aliphatic carbocycles. The largest absolute Gasteiger partial charge is 0.394 e. The van der Waals surface area contributed by atoms with Gasteiger partial charge in [0.15, 0.2) is 0 Å². The highest BCUT2D eigenvalue weighted by Crippen LogP contribution is 2.31. The zero-order valence-electron chi connectivity index (χ0n) is 13.6. The van der Waals surface area contributed by atoms with E-state index >= 15 is 0 Å². The third-order valence-electron chi connectivity index (χ3n) is 4.96. The molecule has 0 fully saturated rings. The molecule has 1 amide bonds. The second kappa shape index (κ2) is 5.80. The smallest absolute Gasteiger partial charge is 0.254 e. The summed E-state index contributed by atoms with van der Waals surface area (Å²) >= 11 is 0. The van der Waals surface area contributed by atoms with Gasteiger partial charge < -0.3 is 15.0 Å².